The van der Waals surface area contributed by atoms with Crippen LogP contribution in [0.15, 0.2) is 67.3 Å². The Morgan fingerprint density at radius 2 is 2.07 bits per heavy atom. The van der Waals surface area contributed by atoms with E-state index in [0.717, 1.165) is 5.56 Å². The molecule has 29 heavy (non-hydrogen) atoms. The molecule has 4 aromatic rings. The Kier molecular flexibility index (Phi) is 5.14. The van der Waals surface area contributed by atoms with Crippen LogP contribution in [-0.2, 0) is 6.54 Å². The SMILES string of the molecule is Cc1nccn1-c1ccc(NC(=O)c2cnn(Cc3ccccc3Cl)c2)cc1F. The first-order chi connectivity index (χ1) is 14.0. The maximum Gasteiger partial charge on any atom is 0.258 e. The zero-order chi connectivity index (χ0) is 20.4. The van der Waals surface area contributed by atoms with E-state index in [2.05, 4.69) is 15.4 Å². The van der Waals surface area contributed by atoms with Gasteiger partial charge in [-0.25, -0.2) is 9.37 Å². The number of nitrogens with zero attached hydrogens (tertiary/aromatic N) is 4. The van der Waals surface area contributed by atoms with E-state index < -0.39 is 5.82 Å². The molecule has 1 amide bonds. The molecule has 0 atom stereocenters. The van der Waals surface area contributed by atoms with Crippen LogP contribution < -0.4 is 5.32 Å². The van der Waals surface area contributed by atoms with Gasteiger partial charge in [0.2, 0.25) is 0 Å². The van der Waals surface area contributed by atoms with Crippen LogP contribution in [0.25, 0.3) is 5.69 Å². The number of anilines is 1. The molecule has 1 N–H and O–H groups in total. The second kappa shape index (κ2) is 7.89. The van der Waals surface area contributed by atoms with Crippen LogP contribution in [0.1, 0.15) is 21.7 Å². The predicted octanol–water partition coefficient (Wildman–Crippen LogP) is 4.47. The zero-order valence-electron chi connectivity index (χ0n) is 15.5. The van der Waals surface area contributed by atoms with Crippen LogP contribution in [0, 0.1) is 12.7 Å². The molecule has 0 spiro atoms. The maximum atomic E-state index is 14.5. The fourth-order valence-corrected chi connectivity index (χ4v) is 3.18. The quantitative estimate of drug-likeness (QED) is 0.529. The molecule has 8 heteroatoms. The van der Waals surface area contributed by atoms with E-state index in [-0.39, 0.29) is 5.91 Å². The highest BCUT2D eigenvalue weighted by Crippen LogP contribution is 2.20. The topological polar surface area (TPSA) is 64.7 Å². The summed E-state index contributed by atoms with van der Waals surface area (Å²) in [7, 11) is 0. The van der Waals surface area contributed by atoms with Crippen LogP contribution in [0.3, 0.4) is 0 Å². The number of amides is 1. The molecule has 2 aromatic heterocycles. The van der Waals surface area contributed by atoms with Crippen molar-refractivity contribution in [3.8, 4) is 5.69 Å². The van der Waals surface area contributed by atoms with Crippen LogP contribution in [0.5, 0.6) is 0 Å². The summed E-state index contributed by atoms with van der Waals surface area (Å²) in [6.07, 6.45) is 6.37. The number of carbonyl (C=O) groups is 1. The van der Waals surface area contributed by atoms with E-state index in [1.165, 1.54) is 12.3 Å². The summed E-state index contributed by atoms with van der Waals surface area (Å²) in [6.45, 7) is 2.23. The van der Waals surface area contributed by atoms with Gasteiger partial charge in [-0.3, -0.25) is 9.48 Å². The minimum Gasteiger partial charge on any atom is -0.322 e. The molecule has 4 rings (SSSR count). The van der Waals surface area contributed by atoms with Crippen molar-refractivity contribution in [1.82, 2.24) is 19.3 Å². The predicted molar refractivity (Wildman–Crippen MR) is 109 cm³/mol. The second-order valence-electron chi connectivity index (χ2n) is 6.48. The number of halogens is 2. The summed E-state index contributed by atoms with van der Waals surface area (Å²) in [5.41, 5.74) is 1.99. The molecule has 2 aromatic carbocycles. The highest BCUT2D eigenvalue weighted by atomic mass is 35.5. The Bertz CT molecular complexity index is 1180. The molecule has 146 valence electrons. The average molecular weight is 410 g/mol. The average Bonchev–Trinajstić information content (AvgIpc) is 3.33. The Morgan fingerprint density at radius 1 is 1.24 bits per heavy atom. The molecule has 6 nitrogen and oxygen atoms in total. The fourth-order valence-electron chi connectivity index (χ4n) is 2.98. The Balaban J connectivity index is 1.47. The van der Waals surface area contributed by atoms with Crippen molar-refractivity contribution in [3.05, 3.63) is 95.0 Å². The van der Waals surface area contributed by atoms with Crippen LogP contribution >= 0.6 is 11.6 Å². The summed E-state index contributed by atoms with van der Waals surface area (Å²) in [4.78, 5) is 16.6. The Hall–Kier alpha value is -3.45. The molecule has 0 bridgehead atoms. The minimum atomic E-state index is -0.460. The van der Waals surface area contributed by atoms with Gasteiger partial charge in [0.25, 0.3) is 5.91 Å². The monoisotopic (exact) mass is 409 g/mol. The van der Waals surface area contributed by atoms with Gasteiger partial charge in [-0.05, 0) is 36.8 Å². The number of nitrogens with one attached hydrogen (secondary N) is 1. The smallest absolute Gasteiger partial charge is 0.258 e. The Morgan fingerprint density at radius 3 is 2.79 bits per heavy atom. The summed E-state index contributed by atoms with van der Waals surface area (Å²) in [5, 5.41) is 7.53. The molecule has 0 radical (unpaired) electrons. The van der Waals surface area contributed by atoms with Gasteiger partial charge >= 0.3 is 0 Å². The molecule has 0 unspecified atom stereocenters. The molecule has 0 saturated carbocycles. The molecular weight excluding hydrogens is 393 g/mol. The lowest BCUT2D eigenvalue weighted by atomic mass is 10.2. The number of hydrogen-bond acceptors (Lipinski definition) is 3. The van der Waals surface area contributed by atoms with E-state index >= 15 is 0 Å². The van der Waals surface area contributed by atoms with Gasteiger partial charge in [0.15, 0.2) is 0 Å². The molecule has 0 fully saturated rings. The third kappa shape index (κ3) is 4.05. The molecular formula is C21H17ClFN5O. The van der Waals surface area contributed by atoms with E-state index in [1.54, 1.807) is 53.0 Å². The summed E-state index contributed by atoms with van der Waals surface area (Å²) >= 11 is 6.16. The lowest BCUT2D eigenvalue weighted by Crippen LogP contribution is -2.12. The largest absolute Gasteiger partial charge is 0.322 e. The van der Waals surface area contributed by atoms with E-state index in [1.807, 2.05) is 18.2 Å². The van der Waals surface area contributed by atoms with Crippen molar-refractivity contribution in [2.24, 2.45) is 0 Å². The first kappa shape index (κ1) is 18.9. The van der Waals surface area contributed by atoms with E-state index in [9.17, 15) is 9.18 Å². The maximum absolute atomic E-state index is 14.5. The van der Waals surface area contributed by atoms with Gasteiger partial charge in [-0.2, -0.15) is 5.10 Å². The highest BCUT2D eigenvalue weighted by Gasteiger charge is 2.13. The fraction of sp³-hybridized carbons (Fsp3) is 0.0952. The number of imidazole rings is 1. The lowest BCUT2D eigenvalue weighted by molar-refractivity contribution is 0.102. The van der Waals surface area contributed by atoms with Crippen molar-refractivity contribution in [1.29, 1.82) is 0 Å². The number of rotatable bonds is 5. The van der Waals surface area contributed by atoms with Gasteiger partial charge in [-0.15, -0.1) is 0 Å². The van der Waals surface area contributed by atoms with Crippen LogP contribution in [0.2, 0.25) is 5.02 Å². The van der Waals surface area contributed by atoms with Gasteiger partial charge in [0, 0.05) is 29.3 Å². The van der Waals surface area contributed by atoms with Crippen molar-refractivity contribution in [2.45, 2.75) is 13.5 Å². The van der Waals surface area contributed by atoms with Crippen molar-refractivity contribution in [2.75, 3.05) is 5.32 Å². The Labute approximate surface area is 171 Å². The first-order valence-electron chi connectivity index (χ1n) is 8.88. The third-order valence-electron chi connectivity index (χ3n) is 4.48. The molecule has 0 aliphatic carbocycles. The summed E-state index contributed by atoms with van der Waals surface area (Å²) in [5.74, 6) is -0.161. The molecule has 0 aliphatic rings. The normalized spacial score (nSPS) is 10.9. The number of aromatic nitrogens is 4. The molecule has 2 heterocycles. The molecule has 0 aliphatic heterocycles. The van der Waals surface area contributed by atoms with Crippen LogP contribution in [0.4, 0.5) is 10.1 Å². The van der Waals surface area contributed by atoms with Crippen molar-refractivity contribution < 1.29 is 9.18 Å². The zero-order valence-corrected chi connectivity index (χ0v) is 16.3. The van der Waals surface area contributed by atoms with Crippen LogP contribution in [-0.4, -0.2) is 25.2 Å². The van der Waals surface area contributed by atoms with Gasteiger partial charge in [0.1, 0.15) is 11.6 Å². The standard InChI is InChI=1S/C21H17ClFN5O/c1-14-24-8-9-28(14)20-7-6-17(10-19(20)23)26-21(29)16-11-25-27(13-16)12-15-4-2-3-5-18(15)22/h2-11,13H,12H2,1H3,(H,26,29). The number of hydrogen-bond donors (Lipinski definition) is 1. The number of carbonyl (C=O) groups excluding carboxylic acids is 1. The van der Waals surface area contributed by atoms with Crippen molar-refractivity contribution in [3.63, 3.8) is 0 Å². The van der Waals surface area contributed by atoms with Gasteiger partial charge < -0.3 is 9.88 Å². The number of aryl methyl sites for hydroxylation is 1. The first-order valence-corrected chi connectivity index (χ1v) is 9.26. The second-order valence-corrected chi connectivity index (χ2v) is 6.89. The summed E-state index contributed by atoms with van der Waals surface area (Å²) in [6, 6.07) is 12.0. The van der Waals surface area contributed by atoms with E-state index in [0.29, 0.717) is 34.3 Å². The van der Waals surface area contributed by atoms with Gasteiger partial charge in [-0.1, -0.05) is 29.8 Å². The highest BCUT2D eigenvalue weighted by molar-refractivity contribution is 6.31. The molecule has 0 saturated heterocycles. The third-order valence-corrected chi connectivity index (χ3v) is 4.85. The number of benzene rings is 2. The van der Waals surface area contributed by atoms with E-state index in [4.69, 9.17) is 11.6 Å². The van der Waals surface area contributed by atoms with Crippen molar-refractivity contribution >= 4 is 23.2 Å². The minimum absolute atomic E-state index is 0.355. The van der Waals surface area contributed by atoms with Gasteiger partial charge in [0.05, 0.1) is 24.0 Å². The lowest BCUT2D eigenvalue weighted by Gasteiger charge is -2.09. The summed E-state index contributed by atoms with van der Waals surface area (Å²) < 4.78 is 17.8.